The van der Waals surface area contributed by atoms with Gasteiger partial charge in [0, 0.05) is 17.2 Å². The van der Waals surface area contributed by atoms with Crippen LogP contribution in [0.1, 0.15) is 63.9 Å². The zero-order valence-corrected chi connectivity index (χ0v) is 16.3. The second-order valence-electron chi connectivity index (χ2n) is 6.21. The zero-order chi connectivity index (χ0) is 19.0. The van der Waals surface area contributed by atoms with E-state index < -0.39 is 11.9 Å². The summed E-state index contributed by atoms with van der Waals surface area (Å²) in [6.45, 7) is 2.73. The minimum absolute atomic E-state index is 0.133. The van der Waals surface area contributed by atoms with E-state index in [2.05, 4.69) is 6.92 Å². The molecule has 0 atom stereocenters. The number of halogens is 1. The maximum Gasteiger partial charge on any atom is 0.331 e. The third kappa shape index (κ3) is 11.7. The lowest BCUT2D eigenvalue weighted by Gasteiger charge is -2.03. The monoisotopic (exact) mass is 380 g/mol. The van der Waals surface area contributed by atoms with Crippen LogP contribution in [0.2, 0.25) is 5.02 Å². The van der Waals surface area contributed by atoms with Crippen molar-refractivity contribution in [1.82, 2.24) is 0 Å². The number of hydrogen-bond donors (Lipinski definition) is 0. The standard InChI is InChI=1S/C21H29ClO4/c1-2-3-4-5-6-7-8-9-16-25-20(23)14-15-21(24)26-17-18-10-12-19(22)13-11-18/h10-15H,2-9,16-17H2,1H3/b15-14+. The topological polar surface area (TPSA) is 52.6 Å². The Bertz CT molecular complexity index is 552. The zero-order valence-electron chi connectivity index (χ0n) is 15.5. The predicted molar refractivity (Wildman–Crippen MR) is 104 cm³/mol. The summed E-state index contributed by atoms with van der Waals surface area (Å²) >= 11 is 5.78. The highest BCUT2D eigenvalue weighted by atomic mass is 35.5. The van der Waals surface area contributed by atoms with Crippen LogP contribution < -0.4 is 0 Å². The van der Waals surface area contributed by atoms with Crippen molar-refractivity contribution in [3.05, 3.63) is 47.0 Å². The minimum atomic E-state index is -0.580. The summed E-state index contributed by atoms with van der Waals surface area (Å²) in [5.74, 6) is -1.10. The predicted octanol–water partition coefficient (Wildman–Crippen LogP) is 5.62. The average molecular weight is 381 g/mol. The van der Waals surface area contributed by atoms with Crippen molar-refractivity contribution in [2.75, 3.05) is 6.61 Å². The van der Waals surface area contributed by atoms with E-state index in [4.69, 9.17) is 21.1 Å². The van der Waals surface area contributed by atoms with Gasteiger partial charge in [-0.15, -0.1) is 0 Å². The van der Waals surface area contributed by atoms with Crippen LogP contribution in [-0.2, 0) is 25.7 Å². The van der Waals surface area contributed by atoms with Crippen LogP contribution in [0.25, 0.3) is 0 Å². The summed E-state index contributed by atoms with van der Waals surface area (Å²) in [6.07, 6.45) is 11.7. The molecule has 1 aromatic carbocycles. The molecule has 1 aromatic rings. The maximum atomic E-state index is 11.6. The molecule has 0 N–H and O–H groups in total. The van der Waals surface area contributed by atoms with Crippen LogP contribution in [-0.4, -0.2) is 18.5 Å². The van der Waals surface area contributed by atoms with Crippen LogP contribution in [0.5, 0.6) is 0 Å². The van der Waals surface area contributed by atoms with Gasteiger partial charge in [-0.2, -0.15) is 0 Å². The molecule has 0 heterocycles. The smallest absolute Gasteiger partial charge is 0.331 e. The van der Waals surface area contributed by atoms with E-state index in [1.165, 1.54) is 38.5 Å². The lowest BCUT2D eigenvalue weighted by molar-refractivity contribution is -0.141. The molecule has 0 saturated carbocycles. The quantitative estimate of drug-likeness (QED) is 0.253. The molecule has 0 saturated heterocycles. The Kier molecular flexibility index (Phi) is 12.3. The van der Waals surface area contributed by atoms with Crippen LogP contribution in [0.3, 0.4) is 0 Å². The molecule has 0 aliphatic rings. The molecular weight excluding hydrogens is 352 g/mol. The third-order valence-electron chi connectivity index (χ3n) is 3.89. The molecule has 0 spiro atoms. The Morgan fingerprint density at radius 2 is 1.38 bits per heavy atom. The number of esters is 2. The summed E-state index contributed by atoms with van der Waals surface area (Å²) in [4.78, 5) is 23.1. The normalized spacial score (nSPS) is 10.8. The lowest BCUT2D eigenvalue weighted by Crippen LogP contribution is -2.05. The van der Waals surface area contributed by atoms with E-state index in [9.17, 15) is 9.59 Å². The van der Waals surface area contributed by atoms with Gasteiger partial charge >= 0.3 is 11.9 Å². The largest absolute Gasteiger partial charge is 0.463 e. The van der Waals surface area contributed by atoms with Gasteiger partial charge in [-0.05, 0) is 24.1 Å². The maximum absolute atomic E-state index is 11.6. The molecule has 144 valence electrons. The van der Waals surface area contributed by atoms with Gasteiger partial charge < -0.3 is 9.47 Å². The molecule has 0 unspecified atom stereocenters. The number of rotatable bonds is 13. The van der Waals surface area contributed by atoms with E-state index in [-0.39, 0.29) is 6.61 Å². The first-order valence-electron chi connectivity index (χ1n) is 9.38. The highest BCUT2D eigenvalue weighted by Gasteiger charge is 2.02. The molecule has 26 heavy (non-hydrogen) atoms. The number of ether oxygens (including phenoxy) is 2. The summed E-state index contributed by atoms with van der Waals surface area (Å²) in [5.41, 5.74) is 0.827. The van der Waals surface area contributed by atoms with E-state index in [1.807, 2.05) is 0 Å². The van der Waals surface area contributed by atoms with Crippen molar-refractivity contribution in [2.24, 2.45) is 0 Å². The van der Waals surface area contributed by atoms with Gasteiger partial charge in [0.1, 0.15) is 6.61 Å². The molecule has 0 aliphatic heterocycles. The van der Waals surface area contributed by atoms with Crippen molar-refractivity contribution in [3.63, 3.8) is 0 Å². The van der Waals surface area contributed by atoms with Crippen LogP contribution >= 0.6 is 11.6 Å². The molecule has 0 fully saturated rings. The fraction of sp³-hybridized carbons (Fsp3) is 0.524. The van der Waals surface area contributed by atoms with Crippen molar-refractivity contribution in [2.45, 2.75) is 64.9 Å². The number of carbonyl (C=O) groups excluding carboxylic acids is 2. The molecule has 1 rings (SSSR count). The summed E-state index contributed by atoms with van der Waals surface area (Å²) in [7, 11) is 0. The fourth-order valence-corrected chi connectivity index (χ4v) is 2.50. The van der Waals surface area contributed by atoms with E-state index >= 15 is 0 Å². The molecule has 4 nitrogen and oxygen atoms in total. The Hall–Kier alpha value is -1.81. The molecule has 0 aromatic heterocycles. The summed E-state index contributed by atoms with van der Waals surface area (Å²) in [5, 5.41) is 0.624. The Morgan fingerprint density at radius 3 is 2.00 bits per heavy atom. The van der Waals surface area contributed by atoms with Crippen molar-refractivity contribution in [1.29, 1.82) is 0 Å². The van der Waals surface area contributed by atoms with Gasteiger partial charge in [-0.25, -0.2) is 9.59 Å². The summed E-state index contributed by atoms with van der Waals surface area (Å²) in [6, 6.07) is 7.00. The van der Waals surface area contributed by atoms with E-state index in [0.717, 1.165) is 30.6 Å². The lowest BCUT2D eigenvalue weighted by atomic mass is 10.1. The third-order valence-corrected chi connectivity index (χ3v) is 4.14. The number of benzene rings is 1. The molecule has 0 radical (unpaired) electrons. The van der Waals surface area contributed by atoms with E-state index in [1.54, 1.807) is 24.3 Å². The van der Waals surface area contributed by atoms with Gasteiger partial charge in [0.05, 0.1) is 6.61 Å². The average Bonchev–Trinajstić information content (AvgIpc) is 2.64. The van der Waals surface area contributed by atoms with Crippen molar-refractivity contribution < 1.29 is 19.1 Å². The second-order valence-corrected chi connectivity index (χ2v) is 6.65. The fourth-order valence-electron chi connectivity index (χ4n) is 2.38. The highest BCUT2D eigenvalue weighted by molar-refractivity contribution is 6.30. The van der Waals surface area contributed by atoms with Crippen LogP contribution in [0.15, 0.2) is 36.4 Å². The molecule has 0 aliphatic carbocycles. The van der Waals surface area contributed by atoms with Gasteiger partial charge in [0.25, 0.3) is 0 Å². The number of unbranched alkanes of at least 4 members (excludes halogenated alkanes) is 7. The molecular formula is C21H29ClO4. The van der Waals surface area contributed by atoms with Crippen LogP contribution in [0.4, 0.5) is 0 Å². The molecule has 0 amide bonds. The first kappa shape index (κ1) is 22.2. The van der Waals surface area contributed by atoms with Crippen molar-refractivity contribution in [3.8, 4) is 0 Å². The van der Waals surface area contributed by atoms with Gasteiger partial charge in [-0.1, -0.05) is 75.6 Å². The summed E-state index contributed by atoms with van der Waals surface area (Å²) < 4.78 is 10.1. The minimum Gasteiger partial charge on any atom is -0.463 e. The first-order valence-corrected chi connectivity index (χ1v) is 9.75. The Morgan fingerprint density at radius 1 is 0.846 bits per heavy atom. The number of hydrogen-bond acceptors (Lipinski definition) is 4. The van der Waals surface area contributed by atoms with Gasteiger partial charge in [0.15, 0.2) is 0 Å². The molecule has 5 heteroatoms. The SMILES string of the molecule is CCCCCCCCCCOC(=O)/C=C/C(=O)OCc1ccc(Cl)cc1. The Balaban J connectivity index is 2.05. The van der Waals surface area contributed by atoms with Crippen molar-refractivity contribution >= 4 is 23.5 Å². The second kappa shape index (κ2) is 14.4. The van der Waals surface area contributed by atoms with E-state index in [0.29, 0.717) is 11.6 Å². The number of carbonyl (C=O) groups is 2. The molecule has 0 bridgehead atoms. The Labute approximate surface area is 161 Å². The first-order chi connectivity index (χ1) is 12.6. The van der Waals surface area contributed by atoms with Gasteiger partial charge in [0.2, 0.25) is 0 Å². The van der Waals surface area contributed by atoms with Gasteiger partial charge in [-0.3, -0.25) is 0 Å². The van der Waals surface area contributed by atoms with Crippen LogP contribution in [0, 0.1) is 0 Å². The highest BCUT2D eigenvalue weighted by Crippen LogP contribution is 2.10.